The van der Waals surface area contributed by atoms with Crippen molar-refractivity contribution in [2.45, 2.75) is 18.7 Å². The number of ether oxygens (including phenoxy) is 1. The Hall–Kier alpha value is -1.92. The third kappa shape index (κ3) is 4.55. The van der Waals surface area contributed by atoms with Gasteiger partial charge in [-0.3, -0.25) is 9.36 Å². The lowest BCUT2D eigenvalue weighted by molar-refractivity contribution is -0.160. The third-order valence-electron chi connectivity index (χ3n) is 4.48. The molecule has 2 aromatic carbocycles. The summed E-state index contributed by atoms with van der Waals surface area (Å²) in [4.78, 5) is 14.4. The van der Waals surface area contributed by atoms with Crippen LogP contribution in [0.5, 0.6) is 5.75 Å². The van der Waals surface area contributed by atoms with Gasteiger partial charge >= 0.3 is 7.60 Å². The van der Waals surface area contributed by atoms with Crippen LogP contribution in [-0.4, -0.2) is 37.2 Å². The predicted octanol–water partition coefficient (Wildman–Crippen LogP) is 4.61. The molecule has 8 heteroatoms. The van der Waals surface area contributed by atoms with E-state index < -0.39 is 19.7 Å². The molecule has 0 saturated carbocycles. The van der Waals surface area contributed by atoms with Gasteiger partial charge in [0.15, 0.2) is 0 Å². The number of nitrogens with zero attached hydrogens (tertiary/aromatic N) is 1. The first-order chi connectivity index (χ1) is 13.5. The maximum Gasteiger partial charge on any atom is 0.353 e. The largest absolute Gasteiger partial charge is 0.478 e. The van der Waals surface area contributed by atoms with Crippen LogP contribution in [0.25, 0.3) is 0 Å². The van der Waals surface area contributed by atoms with Gasteiger partial charge in [0.25, 0.3) is 5.91 Å². The van der Waals surface area contributed by atoms with Crippen molar-refractivity contribution in [3.8, 4) is 5.75 Å². The second kappa shape index (κ2) is 9.05. The first kappa shape index (κ1) is 20.8. The lowest BCUT2D eigenvalue weighted by Gasteiger charge is -2.45. The predicted molar refractivity (Wildman–Crippen MR) is 110 cm³/mol. The number of amides is 1. The van der Waals surface area contributed by atoms with Crippen molar-refractivity contribution in [3.63, 3.8) is 0 Å². The fraction of sp³-hybridized carbons (Fsp3) is 0.250. The van der Waals surface area contributed by atoms with E-state index in [0.29, 0.717) is 12.3 Å². The highest BCUT2D eigenvalue weighted by atomic mass is 79.9. The van der Waals surface area contributed by atoms with Crippen molar-refractivity contribution in [2.75, 3.05) is 14.2 Å². The van der Waals surface area contributed by atoms with Gasteiger partial charge in [0, 0.05) is 31.1 Å². The normalized spacial score (nSPS) is 19.7. The summed E-state index contributed by atoms with van der Waals surface area (Å²) in [6.45, 7) is 0.397. The van der Waals surface area contributed by atoms with E-state index in [4.69, 9.17) is 13.8 Å². The van der Waals surface area contributed by atoms with E-state index in [-0.39, 0.29) is 5.91 Å². The van der Waals surface area contributed by atoms with Crippen molar-refractivity contribution in [3.05, 3.63) is 76.5 Å². The highest BCUT2D eigenvalue weighted by Crippen LogP contribution is 2.48. The lowest BCUT2D eigenvalue weighted by Crippen LogP contribution is -2.65. The minimum Gasteiger partial charge on any atom is -0.478 e. The number of benzene rings is 2. The molecule has 1 amide bonds. The van der Waals surface area contributed by atoms with E-state index in [2.05, 4.69) is 15.9 Å². The van der Waals surface area contributed by atoms with Crippen LogP contribution >= 0.6 is 23.5 Å². The zero-order chi connectivity index (χ0) is 20.1. The minimum atomic E-state index is -3.34. The van der Waals surface area contributed by atoms with Crippen molar-refractivity contribution >= 4 is 29.4 Å². The van der Waals surface area contributed by atoms with Gasteiger partial charge in [0.05, 0.1) is 6.04 Å². The first-order valence-corrected chi connectivity index (χ1v) is 11.0. The quantitative estimate of drug-likeness (QED) is 0.420. The molecular formula is C20H21BrNO5P. The summed E-state index contributed by atoms with van der Waals surface area (Å²) in [6, 6.07) is 16.4. The van der Waals surface area contributed by atoms with E-state index in [1.807, 2.05) is 42.5 Å². The summed E-state index contributed by atoms with van der Waals surface area (Å²) in [7, 11) is -0.711. The van der Waals surface area contributed by atoms with Crippen LogP contribution in [0.4, 0.5) is 0 Å². The molecule has 0 spiro atoms. The number of hydrogen-bond donors (Lipinski definition) is 0. The van der Waals surface area contributed by atoms with Gasteiger partial charge in [-0.1, -0.05) is 52.3 Å². The van der Waals surface area contributed by atoms with Crippen molar-refractivity contribution in [2.24, 2.45) is 0 Å². The van der Waals surface area contributed by atoms with E-state index in [1.165, 1.54) is 20.0 Å². The van der Waals surface area contributed by atoms with Crippen LogP contribution in [0.1, 0.15) is 5.56 Å². The van der Waals surface area contributed by atoms with Gasteiger partial charge in [-0.2, -0.15) is 0 Å². The second-order valence-electron chi connectivity index (χ2n) is 6.15. The first-order valence-electron chi connectivity index (χ1n) is 8.63. The van der Waals surface area contributed by atoms with E-state index in [9.17, 15) is 9.36 Å². The molecule has 6 nitrogen and oxygen atoms in total. The Labute approximate surface area is 172 Å². The average Bonchev–Trinajstić information content (AvgIpc) is 2.73. The molecule has 1 fully saturated rings. The van der Waals surface area contributed by atoms with Gasteiger partial charge in [0.2, 0.25) is 6.10 Å². The minimum absolute atomic E-state index is 0.140. The van der Waals surface area contributed by atoms with E-state index >= 15 is 0 Å². The molecule has 0 unspecified atom stereocenters. The Morgan fingerprint density at radius 1 is 1.07 bits per heavy atom. The Morgan fingerprint density at radius 3 is 2.36 bits per heavy atom. The molecule has 1 saturated heterocycles. The fourth-order valence-corrected chi connectivity index (χ4v) is 4.08. The molecule has 2 aromatic rings. The van der Waals surface area contributed by atoms with Crippen LogP contribution < -0.4 is 4.74 Å². The van der Waals surface area contributed by atoms with Crippen LogP contribution in [0.2, 0.25) is 0 Å². The highest BCUT2D eigenvalue weighted by Gasteiger charge is 2.48. The monoisotopic (exact) mass is 465 g/mol. The van der Waals surface area contributed by atoms with E-state index in [1.54, 1.807) is 23.1 Å². The smallest absolute Gasteiger partial charge is 0.353 e. The fourth-order valence-electron chi connectivity index (χ4n) is 2.89. The molecule has 1 heterocycles. The molecule has 1 aliphatic heterocycles. The summed E-state index contributed by atoms with van der Waals surface area (Å²) in [5, 5.41) is 0. The number of β-lactam (4-membered cyclic amide) rings is 1. The SMILES string of the molecule is COP(=O)(/C=C/[C@@H]1[C@H](Oc2ccccc2)C(=O)N1Cc1ccccc1Br)OC. The van der Waals surface area contributed by atoms with Gasteiger partial charge in [-0.05, 0) is 29.8 Å². The molecule has 0 aromatic heterocycles. The molecular weight excluding hydrogens is 445 g/mol. The maximum atomic E-state index is 12.8. The summed E-state index contributed by atoms with van der Waals surface area (Å²) < 4.78 is 29.1. The van der Waals surface area contributed by atoms with Crippen LogP contribution in [0, 0.1) is 0 Å². The molecule has 0 bridgehead atoms. The number of rotatable bonds is 8. The zero-order valence-electron chi connectivity index (χ0n) is 15.5. The maximum absolute atomic E-state index is 12.8. The molecule has 2 atom stereocenters. The molecule has 0 aliphatic carbocycles. The van der Waals surface area contributed by atoms with Crippen molar-refractivity contribution in [1.82, 2.24) is 4.90 Å². The molecule has 148 valence electrons. The van der Waals surface area contributed by atoms with Crippen molar-refractivity contribution < 1.29 is 23.1 Å². The van der Waals surface area contributed by atoms with Gasteiger partial charge in [-0.15, -0.1) is 0 Å². The average molecular weight is 466 g/mol. The van der Waals surface area contributed by atoms with Gasteiger partial charge in [-0.25, -0.2) is 0 Å². The number of likely N-dealkylation sites (tertiary alicyclic amines) is 1. The number of halogens is 1. The number of hydrogen-bond acceptors (Lipinski definition) is 5. The Balaban J connectivity index is 1.84. The van der Waals surface area contributed by atoms with Gasteiger partial charge in [0.1, 0.15) is 5.75 Å². The van der Waals surface area contributed by atoms with Gasteiger partial charge < -0.3 is 18.7 Å². The lowest BCUT2D eigenvalue weighted by atomic mass is 9.96. The summed E-state index contributed by atoms with van der Waals surface area (Å²) >= 11 is 3.51. The van der Waals surface area contributed by atoms with Crippen LogP contribution in [0.3, 0.4) is 0 Å². The number of carbonyl (C=O) groups excluding carboxylic acids is 1. The van der Waals surface area contributed by atoms with Crippen LogP contribution in [-0.2, 0) is 25.0 Å². The van der Waals surface area contributed by atoms with Crippen molar-refractivity contribution in [1.29, 1.82) is 0 Å². The van der Waals surface area contributed by atoms with Crippen LogP contribution in [0.15, 0.2) is 71.0 Å². The standard InChI is InChI=1S/C20H21BrNO5P/c1-25-28(24,26-2)13-12-18-19(27-16-9-4-3-5-10-16)20(23)22(18)14-15-8-6-7-11-17(15)21/h3-13,18-19H,14H2,1-2H3/b13-12+/t18-,19+/m1/s1. The Kier molecular flexibility index (Phi) is 6.73. The zero-order valence-corrected chi connectivity index (χ0v) is 18.0. The van der Waals surface area contributed by atoms with E-state index in [0.717, 1.165) is 10.0 Å². The third-order valence-corrected chi connectivity index (χ3v) is 6.80. The molecule has 0 radical (unpaired) electrons. The topological polar surface area (TPSA) is 65.1 Å². The summed E-state index contributed by atoms with van der Waals surface area (Å²) in [6.07, 6.45) is 0.947. The highest BCUT2D eigenvalue weighted by molar-refractivity contribution is 9.10. The molecule has 3 rings (SSSR count). The second-order valence-corrected chi connectivity index (χ2v) is 9.11. The molecule has 0 N–H and O–H groups in total. The summed E-state index contributed by atoms with van der Waals surface area (Å²) in [5.41, 5.74) is 0.967. The Bertz CT molecular complexity index is 896. The number of para-hydroxylation sites is 1. The number of carbonyl (C=O) groups is 1. The Morgan fingerprint density at radius 2 is 1.71 bits per heavy atom. The summed E-state index contributed by atoms with van der Waals surface area (Å²) in [5.74, 6) is 1.83. The molecule has 28 heavy (non-hydrogen) atoms. The molecule has 1 aliphatic rings.